The molecule has 0 amide bonds. The van der Waals surface area contributed by atoms with Crippen LogP contribution in [-0.4, -0.2) is 0 Å². The zero-order valence-electron chi connectivity index (χ0n) is 10.5. The molecule has 2 aliphatic heterocycles. The lowest BCUT2D eigenvalue weighted by Crippen LogP contribution is -1.95. The van der Waals surface area contributed by atoms with Gasteiger partial charge in [-0.25, -0.2) is 0 Å². The van der Waals surface area contributed by atoms with Crippen molar-refractivity contribution in [3.05, 3.63) is 56.5 Å². The Morgan fingerprint density at radius 2 is 1.25 bits per heavy atom. The summed E-state index contributed by atoms with van der Waals surface area (Å²) in [6, 6.07) is 15.2. The van der Waals surface area contributed by atoms with Gasteiger partial charge in [-0.2, -0.15) is 0 Å². The molecule has 0 fully saturated rings. The zero-order chi connectivity index (χ0) is 13.5. The van der Waals surface area contributed by atoms with E-state index in [2.05, 4.69) is 42.5 Å². The summed E-state index contributed by atoms with van der Waals surface area (Å²) in [7, 11) is 0. The second kappa shape index (κ2) is 5.39. The van der Waals surface area contributed by atoms with Gasteiger partial charge in [0.25, 0.3) is 0 Å². The lowest BCUT2D eigenvalue weighted by atomic mass is 10.2. The second-order valence-electron chi connectivity index (χ2n) is 4.42. The molecular formula is C15H11NS4. The van der Waals surface area contributed by atoms with E-state index in [4.69, 9.17) is 5.73 Å². The summed E-state index contributed by atoms with van der Waals surface area (Å²) in [4.78, 5) is 5.45. The summed E-state index contributed by atoms with van der Waals surface area (Å²) >= 11 is 7.54. The van der Waals surface area contributed by atoms with Crippen molar-refractivity contribution in [1.29, 1.82) is 0 Å². The van der Waals surface area contributed by atoms with Gasteiger partial charge in [-0.15, -0.1) is 0 Å². The predicted octanol–water partition coefficient (Wildman–Crippen LogP) is 5.37. The highest BCUT2D eigenvalue weighted by molar-refractivity contribution is 8.30. The van der Waals surface area contributed by atoms with Crippen molar-refractivity contribution >= 4 is 47.0 Å². The van der Waals surface area contributed by atoms with Crippen LogP contribution in [0.4, 0.5) is 0 Å². The third kappa shape index (κ3) is 2.31. The van der Waals surface area contributed by atoms with Gasteiger partial charge in [0.05, 0.1) is 8.47 Å². The van der Waals surface area contributed by atoms with Crippen LogP contribution in [0.5, 0.6) is 0 Å². The molecule has 0 radical (unpaired) electrons. The molecule has 0 saturated carbocycles. The summed E-state index contributed by atoms with van der Waals surface area (Å²) in [6.07, 6.45) is 0. The van der Waals surface area contributed by atoms with Gasteiger partial charge in [-0.1, -0.05) is 65.2 Å². The van der Waals surface area contributed by atoms with Crippen LogP contribution in [0.15, 0.2) is 70.5 Å². The maximum absolute atomic E-state index is 5.72. The van der Waals surface area contributed by atoms with E-state index in [1.54, 1.807) is 0 Å². The first kappa shape index (κ1) is 13.2. The number of thioether (sulfide) groups is 4. The number of fused-ring (bicyclic) bond motifs is 2. The Labute approximate surface area is 135 Å². The van der Waals surface area contributed by atoms with Crippen LogP contribution >= 0.6 is 47.0 Å². The van der Waals surface area contributed by atoms with Crippen LogP contribution in [0.3, 0.4) is 0 Å². The van der Waals surface area contributed by atoms with Crippen molar-refractivity contribution < 1.29 is 0 Å². The largest absolute Gasteiger partial charge is 0.326 e. The van der Waals surface area contributed by atoms with Crippen molar-refractivity contribution in [2.24, 2.45) is 5.73 Å². The summed E-state index contributed by atoms with van der Waals surface area (Å²) in [5.41, 5.74) is 6.93. The molecule has 100 valence electrons. The molecule has 4 rings (SSSR count). The van der Waals surface area contributed by atoms with Gasteiger partial charge < -0.3 is 5.73 Å². The fraction of sp³-hybridized carbons (Fsp3) is 0.0667. The molecule has 2 heterocycles. The summed E-state index contributed by atoms with van der Waals surface area (Å²) in [6.45, 7) is 0.610. The molecule has 0 atom stereocenters. The molecule has 0 aliphatic carbocycles. The molecule has 0 unspecified atom stereocenters. The van der Waals surface area contributed by atoms with Crippen molar-refractivity contribution in [3.8, 4) is 0 Å². The molecule has 2 aliphatic rings. The lowest BCUT2D eigenvalue weighted by molar-refractivity contribution is 1.04. The number of rotatable bonds is 1. The minimum atomic E-state index is 0.610. The number of hydrogen-bond donors (Lipinski definition) is 1. The average Bonchev–Trinajstić information content (AvgIpc) is 3.09. The van der Waals surface area contributed by atoms with Crippen LogP contribution in [0, 0.1) is 0 Å². The first-order valence-corrected chi connectivity index (χ1v) is 9.48. The molecule has 20 heavy (non-hydrogen) atoms. The van der Waals surface area contributed by atoms with E-state index in [1.807, 2.05) is 47.0 Å². The number of benzene rings is 2. The highest BCUT2D eigenvalue weighted by Crippen LogP contribution is 2.61. The molecule has 1 nitrogen and oxygen atoms in total. The molecule has 0 spiro atoms. The average molecular weight is 334 g/mol. The smallest absolute Gasteiger partial charge is 0.0706 e. The Balaban J connectivity index is 1.66. The van der Waals surface area contributed by atoms with Gasteiger partial charge in [0.2, 0.25) is 0 Å². The Bertz CT molecular complexity index is 697. The Kier molecular flexibility index (Phi) is 3.56. The molecule has 2 aromatic carbocycles. The van der Waals surface area contributed by atoms with Crippen LogP contribution in [0.2, 0.25) is 0 Å². The maximum atomic E-state index is 5.72. The SMILES string of the molecule is NCc1ccc2c(c1)SC(=C1Sc3ccccc3S1)S2. The van der Waals surface area contributed by atoms with E-state index in [-0.39, 0.29) is 0 Å². The van der Waals surface area contributed by atoms with Crippen molar-refractivity contribution in [3.63, 3.8) is 0 Å². The zero-order valence-corrected chi connectivity index (χ0v) is 13.7. The van der Waals surface area contributed by atoms with Gasteiger partial charge in [-0.3, -0.25) is 0 Å². The molecule has 0 saturated heterocycles. The summed E-state index contributed by atoms with van der Waals surface area (Å²) < 4.78 is 2.81. The topological polar surface area (TPSA) is 26.0 Å². The molecule has 2 N–H and O–H groups in total. The molecular weight excluding hydrogens is 322 g/mol. The Hall–Kier alpha value is -0.460. The van der Waals surface area contributed by atoms with Crippen LogP contribution in [0.1, 0.15) is 5.56 Å². The summed E-state index contributed by atoms with van der Waals surface area (Å²) in [5, 5.41) is 0. The van der Waals surface area contributed by atoms with Gasteiger partial charge in [0, 0.05) is 26.1 Å². The normalized spacial score (nSPS) is 16.4. The number of nitrogens with two attached hydrogens (primary N) is 1. The molecule has 0 aromatic heterocycles. The van der Waals surface area contributed by atoms with E-state index in [1.165, 1.54) is 33.6 Å². The third-order valence-corrected chi connectivity index (χ3v) is 8.69. The van der Waals surface area contributed by atoms with Gasteiger partial charge in [0.1, 0.15) is 0 Å². The third-order valence-electron chi connectivity index (χ3n) is 3.07. The van der Waals surface area contributed by atoms with E-state index in [0.717, 1.165) is 0 Å². The highest BCUT2D eigenvalue weighted by Gasteiger charge is 2.26. The fourth-order valence-electron chi connectivity index (χ4n) is 2.07. The first-order chi connectivity index (χ1) is 9.83. The quantitative estimate of drug-likeness (QED) is 0.757. The standard InChI is InChI=1S/C15H11NS4/c16-8-9-5-6-12-13(7-9)20-15(19-12)14-17-10-3-1-2-4-11(10)18-14/h1-7H,8,16H2. The van der Waals surface area contributed by atoms with E-state index < -0.39 is 0 Å². The van der Waals surface area contributed by atoms with E-state index >= 15 is 0 Å². The monoisotopic (exact) mass is 333 g/mol. The van der Waals surface area contributed by atoms with Gasteiger partial charge in [0.15, 0.2) is 0 Å². The first-order valence-electron chi connectivity index (χ1n) is 6.21. The minimum Gasteiger partial charge on any atom is -0.326 e. The maximum Gasteiger partial charge on any atom is 0.0706 e. The minimum absolute atomic E-state index is 0.610. The highest BCUT2D eigenvalue weighted by atomic mass is 32.2. The molecule has 5 heteroatoms. The molecule has 0 bridgehead atoms. The second-order valence-corrected chi connectivity index (χ2v) is 9.14. The number of hydrogen-bond acceptors (Lipinski definition) is 5. The van der Waals surface area contributed by atoms with E-state index in [0.29, 0.717) is 6.54 Å². The van der Waals surface area contributed by atoms with E-state index in [9.17, 15) is 0 Å². The van der Waals surface area contributed by atoms with Crippen molar-refractivity contribution in [1.82, 2.24) is 0 Å². The fourth-order valence-corrected chi connectivity index (χ4v) is 7.42. The van der Waals surface area contributed by atoms with Crippen molar-refractivity contribution in [2.45, 2.75) is 26.1 Å². The van der Waals surface area contributed by atoms with Crippen LogP contribution in [-0.2, 0) is 6.54 Å². The van der Waals surface area contributed by atoms with Gasteiger partial charge in [-0.05, 0) is 29.8 Å². The lowest BCUT2D eigenvalue weighted by Gasteiger charge is -1.99. The van der Waals surface area contributed by atoms with Crippen LogP contribution in [0.25, 0.3) is 0 Å². The Morgan fingerprint density at radius 1 is 0.700 bits per heavy atom. The Morgan fingerprint density at radius 3 is 1.85 bits per heavy atom. The molecule has 2 aromatic rings. The van der Waals surface area contributed by atoms with Gasteiger partial charge >= 0.3 is 0 Å². The predicted molar refractivity (Wildman–Crippen MR) is 91.2 cm³/mol. The van der Waals surface area contributed by atoms with Crippen molar-refractivity contribution in [2.75, 3.05) is 0 Å². The summed E-state index contributed by atoms with van der Waals surface area (Å²) in [5.74, 6) is 0. The van der Waals surface area contributed by atoms with Crippen LogP contribution < -0.4 is 5.73 Å².